The van der Waals surface area contributed by atoms with Crippen LogP contribution in [0.4, 0.5) is 13.2 Å². The molecule has 3 N–H and O–H groups in total. The Kier molecular flexibility index (Phi) is 13.9. The number of nitrogens with one attached hydrogen (secondary N) is 2. The minimum absolute atomic E-state index is 0.0103. The SMILES string of the molecule is CC(C)(C)OC(=O)CCC(CO)NC(=O)c1cccc(CNC(=O)C2=CC3OCOC3C(OC(=O)c3ccc(C=CC(=O)OCC(F)(F)F)cc3)C2)c1. The second-order valence-corrected chi connectivity index (χ2v) is 13.3. The molecule has 2 aromatic rings. The molecule has 0 radical (unpaired) electrons. The van der Waals surface area contributed by atoms with E-state index in [-0.39, 0.29) is 55.9 Å². The van der Waals surface area contributed by atoms with E-state index in [1.807, 2.05) is 0 Å². The number of esters is 3. The van der Waals surface area contributed by atoms with Crippen molar-refractivity contribution in [1.29, 1.82) is 0 Å². The van der Waals surface area contributed by atoms with Crippen molar-refractivity contribution in [2.75, 3.05) is 20.0 Å². The van der Waals surface area contributed by atoms with Gasteiger partial charge in [0.15, 0.2) is 6.61 Å². The van der Waals surface area contributed by atoms with Crippen LogP contribution in [-0.4, -0.2) is 91.0 Å². The lowest BCUT2D eigenvalue weighted by Crippen LogP contribution is -2.43. The molecule has 0 spiro atoms. The first-order valence-corrected chi connectivity index (χ1v) is 16.7. The van der Waals surface area contributed by atoms with Crippen molar-refractivity contribution in [2.45, 2.75) is 82.7 Å². The van der Waals surface area contributed by atoms with Crippen LogP contribution in [0.3, 0.4) is 0 Å². The van der Waals surface area contributed by atoms with E-state index in [4.69, 9.17) is 18.9 Å². The first-order valence-electron chi connectivity index (χ1n) is 16.7. The Labute approximate surface area is 303 Å². The van der Waals surface area contributed by atoms with Gasteiger partial charge in [-0.25, -0.2) is 9.59 Å². The normalized spacial score (nSPS) is 19.1. The van der Waals surface area contributed by atoms with Crippen molar-refractivity contribution in [2.24, 2.45) is 0 Å². The monoisotopic (exact) mass is 746 g/mol. The number of hydrogen-bond donors (Lipinski definition) is 3. The molecule has 0 saturated carbocycles. The van der Waals surface area contributed by atoms with E-state index < -0.39 is 72.5 Å². The molecule has 13 nitrogen and oxygen atoms in total. The van der Waals surface area contributed by atoms with Gasteiger partial charge in [0, 0.05) is 36.6 Å². The summed E-state index contributed by atoms with van der Waals surface area (Å²) < 4.78 is 63.0. The molecule has 0 bridgehead atoms. The third kappa shape index (κ3) is 13.1. The number of halogens is 3. The van der Waals surface area contributed by atoms with Gasteiger partial charge in [-0.2, -0.15) is 13.2 Å². The molecular weight excluding hydrogens is 705 g/mol. The summed E-state index contributed by atoms with van der Waals surface area (Å²) in [5.41, 5.74) is 1.07. The molecule has 0 aromatic heterocycles. The summed E-state index contributed by atoms with van der Waals surface area (Å²) in [4.78, 5) is 62.8. The van der Waals surface area contributed by atoms with E-state index in [1.165, 1.54) is 30.3 Å². The molecule has 1 aliphatic heterocycles. The lowest BCUT2D eigenvalue weighted by Gasteiger charge is -2.30. The van der Waals surface area contributed by atoms with Crippen molar-refractivity contribution < 1.29 is 65.9 Å². The number of rotatable bonds is 14. The van der Waals surface area contributed by atoms with Crippen LogP contribution in [0.2, 0.25) is 0 Å². The number of amides is 2. The highest BCUT2D eigenvalue weighted by Gasteiger charge is 2.42. The number of alkyl halides is 3. The maximum atomic E-state index is 13.3. The van der Waals surface area contributed by atoms with E-state index in [9.17, 15) is 42.3 Å². The number of fused-ring (bicyclic) bond motifs is 1. The molecule has 16 heteroatoms. The van der Waals surface area contributed by atoms with Crippen LogP contribution in [0.5, 0.6) is 0 Å². The highest BCUT2D eigenvalue weighted by atomic mass is 19.4. The van der Waals surface area contributed by atoms with Crippen LogP contribution in [0.25, 0.3) is 6.08 Å². The van der Waals surface area contributed by atoms with Crippen molar-refractivity contribution in [3.05, 3.63) is 88.5 Å². The molecule has 4 atom stereocenters. The van der Waals surface area contributed by atoms with E-state index in [0.717, 1.165) is 6.08 Å². The average molecular weight is 747 g/mol. The lowest BCUT2D eigenvalue weighted by atomic mass is 9.91. The first kappa shape index (κ1) is 40.7. The fourth-order valence-electron chi connectivity index (χ4n) is 5.31. The third-order valence-electron chi connectivity index (χ3n) is 7.80. The number of aliphatic hydroxyl groups is 1. The Hall–Kier alpha value is -5.06. The van der Waals surface area contributed by atoms with Gasteiger partial charge < -0.3 is 39.4 Å². The summed E-state index contributed by atoms with van der Waals surface area (Å²) in [7, 11) is 0. The Balaban J connectivity index is 1.30. The third-order valence-corrected chi connectivity index (χ3v) is 7.80. The van der Waals surface area contributed by atoms with Crippen molar-refractivity contribution in [1.82, 2.24) is 10.6 Å². The van der Waals surface area contributed by atoms with Gasteiger partial charge in [-0.1, -0.05) is 24.3 Å². The summed E-state index contributed by atoms with van der Waals surface area (Å²) >= 11 is 0. The largest absolute Gasteiger partial charge is 0.460 e. The van der Waals surface area contributed by atoms with Crippen molar-refractivity contribution in [3.63, 3.8) is 0 Å². The number of benzene rings is 2. The topological polar surface area (TPSA) is 176 Å². The van der Waals surface area contributed by atoms with Crippen molar-refractivity contribution in [3.8, 4) is 0 Å². The maximum absolute atomic E-state index is 13.3. The molecule has 2 aliphatic rings. The number of carbonyl (C=O) groups is 5. The summed E-state index contributed by atoms with van der Waals surface area (Å²) in [5.74, 6) is -3.28. The predicted molar refractivity (Wildman–Crippen MR) is 181 cm³/mol. The van der Waals surface area contributed by atoms with E-state index in [0.29, 0.717) is 11.1 Å². The van der Waals surface area contributed by atoms with Crippen LogP contribution in [0.15, 0.2) is 66.3 Å². The molecule has 1 saturated heterocycles. The number of carbonyl (C=O) groups excluding carboxylic acids is 5. The minimum Gasteiger partial charge on any atom is -0.460 e. The van der Waals surface area contributed by atoms with Crippen molar-refractivity contribution >= 4 is 35.8 Å². The average Bonchev–Trinajstić information content (AvgIpc) is 3.59. The quantitative estimate of drug-likeness (QED) is 0.145. The molecule has 1 heterocycles. The molecule has 1 aliphatic carbocycles. The van der Waals surface area contributed by atoms with Crippen LogP contribution in [0.1, 0.15) is 71.9 Å². The van der Waals surface area contributed by atoms with Crippen LogP contribution < -0.4 is 10.6 Å². The standard InChI is InChI=1S/C37H41F3N2O11/c1-36(2,3)53-31(45)14-12-27(19-43)42-34(47)25-6-4-5-23(15-25)18-41-33(46)26-16-28-32(51-21-50-28)29(17-26)52-35(48)24-10-7-22(8-11-24)9-13-30(44)49-20-37(38,39)40/h4-11,13,15-16,27-29,32,43H,12,14,17-21H2,1-3H3,(H,41,46)(H,42,47). The summed E-state index contributed by atoms with van der Waals surface area (Å²) in [5, 5.41) is 15.3. The van der Waals surface area contributed by atoms with Gasteiger partial charge >= 0.3 is 24.1 Å². The molecule has 2 amide bonds. The molecule has 53 heavy (non-hydrogen) atoms. The fourth-order valence-corrected chi connectivity index (χ4v) is 5.31. The minimum atomic E-state index is -4.64. The van der Waals surface area contributed by atoms with E-state index in [2.05, 4.69) is 15.4 Å². The smallest absolute Gasteiger partial charge is 0.422 e. The molecule has 286 valence electrons. The van der Waals surface area contributed by atoms with Gasteiger partial charge in [-0.3, -0.25) is 14.4 Å². The highest BCUT2D eigenvalue weighted by Crippen LogP contribution is 2.31. The number of ether oxygens (including phenoxy) is 5. The second-order valence-electron chi connectivity index (χ2n) is 13.3. The zero-order chi connectivity index (χ0) is 38.8. The maximum Gasteiger partial charge on any atom is 0.422 e. The summed E-state index contributed by atoms with van der Waals surface area (Å²) in [6.07, 6.45) is -2.99. The Morgan fingerprint density at radius 3 is 2.42 bits per heavy atom. The Morgan fingerprint density at radius 2 is 1.74 bits per heavy atom. The summed E-state index contributed by atoms with van der Waals surface area (Å²) in [6, 6.07) is 11.6. The van der Waals surface area contributed by atoms with Crippen LogP contribution in [0, 0.1) is 0 Å². The zero-order valence-electron chi connectivity index (χ0n) is 29.3. The van der Waals surface area contributed by atoms with Gasteiger partial charge in [-0.05, 0) is 74.7 Å². The van der Waals surface area contributed by atoms with Gasteiger partial charge in [0.2, 0.25) is 5.91 Å². The second kappa shape index (κ2) is 18.1. The summed E-state index contributed by atoms with van der Waals surface area (Å²) in [6.45, 7) is 3.13. The van der Waals surface area contributed by atoms with Gasteiger partial charge in [0.05, 0.1) is 18.2 Å². The van der Waals surface area contributed by atoms with Crippen LogP contribution in [-0.2, 0) is 44.6 Å². The Bertz CT molecular complexity index is 1700. The molecule has 2 aromatic carbocycles. The number of hydrogen-bond acceptors (Lipinski definition) is 11. The Morgan fingerprint density at radius 1 is 1.00 bits per heavy atom. The van der Waals surface area contributed by atoms with E-state index >= 15 is 0 Å². The lowest BCUT2D eigenvalue weighted by molar-refractivity contribution is -0.182. The van der Waals surface area contributed by atoms with Gasteiger partial charge in [0.25, 0.3) is 5.91 Å². The van der Waals surface area contributed by atoms with Gasteiger partial charge in [0.1, 0.15) is 30.7 Å². The molecule has 4 unspecified atom stereocenters. The molecular formula is C37H41F3N2O11. The highest BCUT2D eigenvalue weighted by molar-refractivity contribution is 5.95. The van der Waals surface area contributed by atoms with E-state index in [1.54, 1.807) is 51.1 Å². The molecule has 1 fully saturated rings. The van der Waals surface area contributed by atoms with Crippen LogP contribution >= 0.6 is 0 Å². The zero-order valence-corrected chi connectivity index (χ0v) is 29.3. The predicted octanol–water partition coefficient (Wildman–Crippen LogP) is 3.93. The first-order chi connectivity index (χ1) is 25.0. The fraction of sp³-hybridized carbons (Fsp3) is 0.432. The molecule has 4 rings (SSSR count). The van der Waals surface area contributed by atoms with Gasteiger partial charge in [-0.15, -0.1) is 0 Å². The number of aliphatic hydroxyl groups excluding tert-OH is 1.